The minimum Gasteiger partial charge on any atom is -0.457 e. The lowest BCUT2D eigenvalue weighted by Gasteiger charge is -2.36. The second-order valence-electron chi connectivity index (χ2n) is 7.12. The van der Waals surface area contributed by atoms with Gasteiger partial charge in [-0.05, 0) is 18.2 Å². The zero-order valence-electron chi connectivity index (χ0n) is 15.4. The highest BCUT2D eigenvalue weighted by Crippen LogP contribution is 2.45. The number of likely N-dealkylation sites (tertiary alicyclic amines) is 1. The smallest absolute Gasteiger partial charge is 0.282 e. The van der Waals surface area contributed by atoms with Crippen molar-refractivity contribution in [2.24, 2.45) is 0 Å². The van der Waals surface area contributed by atoms with Crippen LogP contribution in [0, 0.1) is 11.5 Å². The molecule has 0 radical (unpaired) electrons. The molecule has 3 aromatic rings. The monoisotopic (exact) mass is 390 g/mol. The van der Waals surface area contributed by atoms with Crippen molar-refractivity contribution in [2.45, 2.75) is 18.1 Å². The van der Waals surface area contributed by atoms with E-state index in [2.05, 4.69) is 10.3 Å². The molecule has 0 saturated carbocycles. The van der Waals surface area contributed by atoms with Crippen molar-refractivity contribution in [3.8, 4) is 12.1 Å². The van der Waals surface area contributed by atoms with Crippen LogP contribution in [0.25, 0.3) is 10.9 Å². The van der Waals surface area contributed by atoms with Gasteiger partial charge in [0.2, 0.25) is 11.5 Å². The highest BCUT2D eigenvalue weighted by Gasteiger charge is 2.60. The zero-order valence-corrected chi connectivity index (χ0v) is 15.4. The Labute approximate surface area is 166 Å². The number of benzene rings is 1. The molecule has 1 aromatic carbocycles. The molecule has 2 aromatic heterocycles. The third-order valence-corrected chi connectivity index (χ3v) is 5.58. The number of aliphatic hydroxyl groups excluding tert-OH is 1. The Morgan fingerprint density at radius 2 is 2.21 bits per heavy atom. The summed E-state index contributed by atoms with van der Waals surface area (Å²) < 4.78 is 7.92. The van der Waals surface area contributed by atoms with Crippen LogP contribution in [-0.4, -0.2) is 56.0 Å². The van der Waals surface area contributed by atoms with Gasteiger partial charge in [0.1, 0.15) is 0 Å². The normalized spacial score (nSPS) is 23.0. The Morgan fingerprint density at radius 3 is 3.03 bits per heavy atom. The summed E-state index contributed by atoms with van der Waals surface area (Å²) in [5.41, 5.74) is 0.909. The fourth-order valence-electron chi connectivity index (χ4n) is 4.22. The van der Waals surface area contributed by atoms with Crippen molar-refractivity contribution in [1.29, 1.82) is 5.26 Å². The van der Waals surface area contributed by atoms with Gasteiger partial charge in [0.15, 0.2) is 6.19 Å². The van der Waals surface area contributed by atoms with Crippen LogP contribution in [0.4, 0.5) is 5.69 Å². The highest BCUT2D eigenvalue weighted by molar-refractivity contribution is 5.94. The van der Waals surface area contributed by atoms with Gasteiger partial charge < -0.3 is 15.2 Å². The van der Waals surface area contributed by atoms with Crippen LogP contribution in [0.5, 0.6) is 5.88 Å². The Balaban J connectivity index is 1.67. The third-order valence-electron chi connectivity index (χ3n) is 5.58. The molecular formula is C20H18N6O3. The summed E-state index contributed by atoms with van der Waals surface area (Å²) in [6.45, 7) is 0.646. The van der Waals surface area contributed by atoms with Crippen LogP contribution in [0.15, 0.2) is 42.6 Å². The number of nitriles is 1. The van der Waals surface area contributed by atoms with Crippen LogP contribution in [0.2, 0.25) is 0 Å². The predicted molar refractivity (Wildman–Crippen MR) is 103 cm³/mol. The molecule has 1 fully saturated rings. The summed E-state index contributed by atoms with van der Waals surface area (Å²) in [4.78, 5) is 18.6. The van der Waals surface area contributed by atoms with Crippen LogP contribution in [-0.2, 0) is 11.3 Å². The van der Waals surface area contributed by atoms with Crippen LogP contribution in [0.1, 0.15) is 11.6 Å². The number of carbonyl (C=O) groups is 1. The molecule has 2 atom stereocenters. The lowest BCUT2D eigenvalue weighted by Crippen LogP contribution is -2.55. The summed E-state index contributed by atoms with van der Waals surface area (Å²) in [6.07, 6.45) is 3.57. The van der Waals surface area contributed by atoms with Gasteiger partial charge >= 0.3 is 0 Å². The molecular weight excluding hydrogens is 372 g/mol. The highest BCUT2D eigenvalue weighted by atomic mass is 16.5. The molecule has 2 aliphatic heterocycles. The van der Waals surface area contributed by atoms with E-state index in [4.69, 9.17) is 9.84 Å². The van der Waals surface area contributed by atoms with Gasteiger partial charge in [-0.2, -0.15) is 10.4 Å². The van der Waals surface area contributed by atoms with Gasteiger partial charge in [0.25, 0.3) is 5.91 Å². The first-order valence-corrected chi connectivity index (χ1v) is 9.34. The van der Waals surface area contributed by atoms with Crippen LogP contribution in [0.3, 0.4) is 0 Å². The first kappa shape index (κ1) is 17.5. The second kappa shape index (κ2) is 6.46. The van der Waals surface area contributed by atoms with Crippen LogP contribution < -0.4 is 10.1 Å². The molecule has 0 aliphatic carbocycles. The van der Waals surface area contributed by atoms with Crippen molar-refractivity contribution in [3.63, 3.8) is 0 Å². The van der Waals surface area contributed by atoms with E-state index in [1.54, 1.807) is 16.9 Å². The Hall–Kier alpha value is -3.64. The molecule has 0 bridgehead atoms. The summed E-state index contributed by atoms with van der Waals surface area (Å²) in [6, 6.07) is 11.3. The Kier molecular flexibility index (Phi) is 3.89. The van der Waals surface area contributed by atoms with Crippen molar-refractivity contribution in [3.05, 3.63) is 48.3 Å². The number of amides is 1. The number of nitrogens with one attached hydrogen (secondary N) is 1. The number of rotatable bonds is 3. The maximum atomic E-state index is 13.2. The maximum absolute atomic E-state index is 13.2. The number of aromatic nitrogens is 3. The van der Waals surface area contributed by atoms with E-state index in [0.717, 1.165) is 15.8 Å². The maximum Gasteiger partial charge on any atom is 0.282 e. The lowest BCUT2D eigenvalue weighted by atomic mass is 9.85. The van der Waals surface area contributed by atoms with E-state index >= 15 is 0 Å². The topological polar surface area (TPSA) is 116 Å². The number of fused-ring (bicyclic) bond motifs is 2. The molecule has 1 amide bonds. The SMILES string of the molecule is N#CN1CC(c2nn(CCO)c3ccccc23)[C@]2(CNc3cccnc3O2)C1=O. The van der Waals surface area contributed by atoms with Gasteiger partial charge in [0, 0.05) is 18.1 Å². The van der Waals surface area contributed by atoms with E-state index in [0.29, 0.717) is 23.8 Å². The molecule has 2 N–H and O–H groups in total. The summed E-state index contributed by atoms with van der Waals surface area (Å²) in [7, 11) is 0. The number of ether oxygens (including phenoxy) is 1. The lowest BCUT2D eigenvalue weighted by molar-refractivity contribution is -0.138. The van der Waals surface area contributed by atoms with E-state index in [9.17, 15) is 15.2 Å². The molecule has 1 saturated heterocycles. The van der Waals surface area contributed by atoms with E-state index in [-0.39, 0.29) is 19.7 Å². The standard InChI is InChI=1S/C20H18N6O3/c21-12-25-10-14(17-13-4-1-2-6-16(13)26(24-17)8-9-27)20(19(25)28)11-23-15-5-3-7-22-18(15)29-20/h1-7,14,23,27H,8-11H2/t14?,20-/m1/s1. The molecule has 9 heteroatoms. The molecule has 1 spiro atoms. The number of hydrogen-bond acceptors (Lipinski definition) is 7. The number of anilines is 1. The van der Waals surface area contributed by atoms with E-state index in [1.165, 1.54) is 0 Å². The molecule has 1 unspecified atom stereocenters. The number of aliphatic hydroxyl groups is 1. The van der Waals surface area contributed by atoms with Gasteiger partial charge in [-0.1, -0.05) is 18.2 Å². The predicted octanol–water partition coefficient (Wildman–Crippen LogP) is 1.07. The van der Waals surface area contributed by atoms with E-state index < -0.39 is 17.4 Å². The molecule has 146 valence electrons. The van der Waals surface area contributed by atoms with Gasteiger partial charge in [-0.15, -0.1) is 0 Å². The quantitative estimate of drug-likeness (QED) is 0.643. The second-order valence-corrected chi connectivity index (χ2v) is 7.12. The van der Waals surface area contributed by atoms with Gasteiger partial charge in [-0.3, -0.25) is 9.48 Å². The number of para-hydroxylation sites is 1. The van der Waals surface area contributed by atoms with Crippen molar-refractivity contribution < 1.29 is 14.6 Å². The number of nitrogens with zero attached hydrogens (tertiary/aromatic N) is 5. The van der Waals surface area contributed by atoms with Crippen molar-refractivity contribution in [2.75, 3.05) is 25.0 Å². The molecule has 5 rings (SSSR count). The molecule has 29 heavy (non-hydrogen) atoms. The summed E-state index contributed by atoms with van der Waals surface area (Å²) >= 11 is 0. The zero-order chi connectivity index (χ0) is 20.0. The molecule has 4 heterocycles. The average Bonchev–Trinajstić information content (AvgIpc) is 3.24. The average molecular weight is 390 g/mol. The minimum absolute atomic E-state index is 0.0560. The van der Waals surface area contributed by atoms with Gasteiger partial charge in [0.05, 0.1) is 42.5 Å². The third kappa shape index (κ3) is 2.46. The Morgan fingerprint density at radius 1 is 1.34 bits per heavy atom. The minimum atomic E-state index is -1.32. The van der Waals surface area contributed by atoms with Crippen LogP contribution >= 0.6 is 0 Å². The van der Waals surface area contributed by atoms with Crippen molar-refractivity contribution >= 4 is 22.5 Å². The number of pyridine rings is 1. The van der Waals surface area contributed by atoms with Crippen molar-refractivity contribution in [1.82, 2.24) is 19.7 Å². The first-order valence-electron chi connectivity index (χ1n) is 9.34. The summed E-state index contributed by atoms with van der Waals surface area (Å²) in [5, 5.41) is 27.7. The number of hydrogen-bond donors (Lipinski definition) is 2. The fraction of sp³-hybridized carbons (Fsp3) is 0.300. The van der Waals surface area contributed by atoms with E-state index in [1.807, 2.05) is 36.5 Å². The molecule has 9 nitrogen and oxygen atoms in total. The summed E-state index contributed by atoms with van der Waals surface area (Å²) in [5.74, 6) is -0.562. The fourth-order valence-corrected chi connectivity index (χ4v) is 4.22. The Bertz CT molecular complexity index is 1150. The molecule has 2 aliphatic rings. The largest absolute Gasteiger partial charge is 0.457 e. The first-order chi connectivity index (χ1) is 14.2. The van der Waals surface area contributed by atoms with Gasteiger partial charge in [-0.25, -0.2) is 9.88 Å². The number of carbonyl (C=O) groups excluding carboxylic acids is 1.